The van der Waals surface area contributed by atoms with Crippen LogP contribution >= 0.6 is 23.5 Å². The van der Waals surface area contributed by atoms with Gasteiger partial charge in [-0.3, -0.25) is 4.52 Å². The van der Waals surface area contributed by atoms with E-state index in [0.29, 0.717) is 24.0 Å². The Morgan fingerprint density at radius 1 is 1.07 bits per heavy atom. The SMILES string of the molecule is Nc1ncnc2c1ncn2C1CC(COP(=O)(O)OP(=O)(O)OP(=O)(O)O)C1. The van der Waals surface area contributed by atoms with Crippen LogP contribution in [-0.2, 0) is 26.8 Å². The Labute approximate surface area is 157 Å². The number of nitrogen functional groups attached to an aromatic ring is 1. The maximum absolute atomic E-state index is 11.7. The predicted molar refractivity (Wildman–Crippen MR) is 91.3 cm³/mol. The smallest absolute Gasteiger partial charge is 0.382 e. The first kappa shape index (κ1) is 21.5. The highest BCUT2D eigenvalue weighted by atomic mass is 31.3. The summed E-state index contributed by atoms with van der Waals surface area (Å²) in [6.45, 7) is -0.302. The largest absolute Gasteiger partial charge is 0.490 e. The van der Waals surface area contributed by atoms with Gasteiger partial charge in [0.05, 0.1) is 12.9 Å². The van der Waals surface area contributed by atoms with Crippen molar-refractivity contribution in [1.29, 1.82) is 0 Å². The van der Waals surface area contributed by atoms with Gasteiger partial charge in [0, 0.05) is 6.04 Å². The van der Waals surface area contributed by atoms with Crippen molar-refractivity contribution in [2.75, 3.05) is 12.3 Å². The van der Waals surface area contributed by atoms with Crippen molar-refractivity contribution in [3.05, 3.63) is 12.7 Å². The fourth-order valence-corrected chi connectivity index (χ4v) is 5.80. The zero-order chi connectivity index (χ0) is 20.7. The number of nitrogens with two attached hydrogens (primary N) is 1. The second kappa shape index (κ2) is 7.54. The molecule has 2 atom stereocenters. The topological polar surface area (TPSA) is 229 Å². The molecule has 2 heterocycles. The Hall–Kier alpha value is -1.24. The quantitative estimate of drug-likeness (QED) is 0.342. The molecule has 2 aromatic rings. The fourth-order valence-electron chi connectivity index (χ4n) is 2.70. The number of phosphoric ester groups is 1. The van der Waals surface area contributed by atoms with E-state index in [-0.39, 0.29) is 24.4 Å². The molecule has 0 bridgehead atoms. The van der Waals surface area contributed by atoms with E-state index in [1.165, 1.54) is 6.33 Å². The molecule has 0 spiro atoms. The summed E-state index contributed by atoms with van der Waals surface area (Å²) >= 11 is 0. The van der Waals surface area contributed by atoms with Crippen molar-refractivity contribution >= 4 is 40.4 Å². The van der Waals surface area contributed by atoms with Crippen LogP contribution in [0.5, 0.6) is 0 Å². The molecule has 0 radical (unpaired) electrons. The lowest BCUT2D eigenvalue weighted by molar-refractivity contribution is 0.0975. The van der Waals surface area contributed by atoms with Crippen molar-refractivity contribution in [1.82, 2.24) is 19.5 Å². The minimum atomic E-state index is -5.51. The number of hydrogen-bond donors (Lipinski definition) is 5. The summed E-state index contributed by atoms with van der Waals surface area (Å²) in [5.41, 5.74) is 6.72. The lowest BCUT2D eigenvalue weighted by Gasteiger charge is -2.36. The minimum Gasteiger partial charge on any atom is -0.382 e. The van der Waals surface area contributed by atoms with Crippen LogP contribution in [0.25, 0.3) is 11.2 Å². The van der Waals surface area contributed by atoms with Crippen LogP contribution in [0.4, 0.5) is 5.82 Å². The molecule has 6 N–H and O–H groups in total. The van der Waals surface area contributed by atoms with Crippen LogP contribution in [0, 0.1) is 5.92 Å². The van der Waals surface area contributed by atoms with Crippen molar-refractivity contribution in [3.8, 4) is 0 Å². The Morgan fingerprint density at radius 3 is 2.39 bits per heavy atom. The van der Waals surface area contributed by atoms with Gasteiger partial charge in [-0.05, 0) is 18.8 Å². The number of nitrogens with zero attached hydrogens (tertiary/aromatic N) is 4. The molecule has 0 amide bonds. The molecule has 1 saturated carbocycles. The summed E-state index contributed by atoms with van der Waals surface area (Å²) in [7, 11) is -16.0. The first-order valence-corrected chi connectivity index (χ1v) is 12.1. The second-order valence-corrected chi connectivity index (χ2v) is 10.4. The van der Waals surface area contributed by atoms with Crippen molar-refractivity contribution in [2.24, 2.45) is 5.92 Å². The maximum atomic E-state index is 11.7. The van der Waals surface area contributed by atoms with Gasteiger partial charge >= 0.3 is 23.5 Å². The van der Waals surface area contributed by atoms with E-state index in [4.69, 9.17) is 20.4 Å². The third-order valence-electron chi connectivity index (χ3n) is 3.88. The van der Waals surface area contributed by atoms with Gasteiger partial charge in [-0.15, -0.1) is 0 Å². The lowest BCUT2D eigenvalue weighted by atomic mass is 9.81. The zero-order valence-corrected chi connectivity index (χ0v) is 16.6. The van der Waals surface area contributed by atoms with Gasteiger partial charge in [0.1, 0.15) is 11.8 Å². The van der Waals surface area contributed by atoms with Gasteiger partial charge in [-0.25, -0.2) is 28.6 Å². The molecule has 28 heavy (non-hydrogen) atoms. The van der Waals surface area contributed by atoms with Gasteiger partial charge in [-0.1, -0.05) is 0 Å². The number of imidazole rings is 1. The van der Waals surface area contributed by atoms with Crippen LogP contribution in [0.3, 0.4) is 0 Å². The molecule has 0 aromatic carbocycles. The molecule has 0 aliphatic heterocycles. The van der Waals surface area contributed by atoms with Gasteiger partial charge in [-0.2, -0.15) is 8.62 Å². The summed E-state index contributed by atoms with van der Waals surface area (Å²) in [6.07, 6.45) is 3.90. The van der Waals surface area contributed by atoms with Crippen LogP contribution in [0.15, 0.2) is 12.7 Å². The van der Waals surface area contributed by atoms with Crippen LogP contribution in [0.2, 0.25) is 0 Å². The van der Waals surface area contributed by atoms with E-state index in [1.807, 2.05) is 0 Å². The fraction of sp³-hybridized carbons (Fsp3) is 0.500. The van der Waals surface area contributed by atoms with Crippen LogP contribution < -0.4 is 5.73 Å². The second-order valence-electron chi connectivity index (χ2n) is 5.96. The van der Waals surface area contributed by atoms with E-state index >= 15 is 0 Å². The maximum Gasteiger partial charge on any atom is 0.490 e. The third kappa shape index (κ3) is 5.22. The predicted octanol–water partition coefficient (Wildman–Crippen LogP) is 0.703. The molecule has 0 saturated heterocycles. The molecule has 2 aromatic heterocycles. The number of anilines is 1. The lowest BCUT2D eigenvalue weighted by Crippen LogP contribution is -2.29. The summed E-state index contributed by atoms with van der Waals surface area (Å²) < 4.78 is 47.2. The number of rotatable bonds is 8. The highest BCUT2D eigenvalue weighted by Crippen LogP contribution is 2.66. The number of hydrogen-bond acceptors (Lipinski definition) is 10. The minimum absolute atomic E-state index is 0.0196. The molecular formula is C10H16N5O10P3. The van der Waals surface area contributed by atoms with Crippen LogP contribution in [-0.4, -0.2) is 45.7 Å². The summed E-state index contributed by atoms with van der Waals surface area (Å²) in [6, 6.07) is -0.0196. The van der Waals surface area contributed by atoms with Crippen molar-refractivity contribution in [2.45, 2.75) is 18.9 Å². The normalized spacial score (nSPS) is 24.4. The molecule has 1 aliphatic carbocycles. The third-order valence-corrected chi connectivity index (χ3v) is 7.68. The van der Waals surface area contributed by atoms with E-state index in [9.17, 15) is 18.6 Å². The number of phosphoric acid groups is 3. The van der Waals surface area contributed by atoms with E-state index in [2.05, 4.69) is 28.1 Å². The molecule has 1 fully saturated rings. The highest BCUT2D eigenvalue weighted by molar-refractivity contribution is 7.66. The molecule has 18 heteroatoms. The first-order chi connectivity index (χ1) is 12.9. The molecular weight excluding hydrogens is 443 g/mol. The highest BCUT2D eigenvalue weighted by Gasteiger charge is 2.42. The van der Waals surface area contributed by atoms with Crippen molar-refractivity contribution in [3.63, 3.8) is 0 Å². The van der Waals surface area contributed by atoms with E-state index in [1.54, 1.807) is 10.9 Å². The Balaban J connectivity index is 1.53. The van der Waals surface area contributed by atoms with E-state index < -0.39 is 23.5 Å². The van der Waals surface area contributed by atoms with Gasteiger partial charge in [0.25, 0.3) is 0 Å². The molecule has 15 nitrogen and oxygen atoms in total. The summed E-state index contributed by atoms with van der Waals surface area (Å²) in [5.74, 6) is 0.0544. The zero-order valence-electron chi connectivity index (χ0n) is 13.9. The Bertz CT molecular complexity index is 1020. The van der Waals surface area contributed by atoms with E-state index in [0.717, 1.165) is 0 Å². The van der Waals surface area contributed by atoms with Crippen LogP contribution in [0.1, 0.15) is 18.9 Å². The average Bonchev–Trinajstić information content (AvgIpc) is 2.87. The standard InChI is InChI=1S/C10H16N5O10P3/c11-9-8-10(13-4-12-9)15(5-14-8)7-1-6(2-7)3-23-27(19,20)25-28(21,22)24-26(16,17)18/h4-7H,1-3H2,(H,19,20)(H,21,22)(H2,11,12,13)(H2,16,17,18). The Kier molecular flexibility index (Phi) is 5.78. The monoisotopic (exact) mass is 459 g/mol. The molecule has 3 rings (SSSR count). The molecule has 2 unspecified atom stereocenters. The Morgan fingerprint density at radius 2 is 1.75 bits per heavy atom. The summed E-state index contributed by atoms with van der Waals surface area (Å²) in [4.78, 5) is 47.6. The summed E-state index contributed by atoms with van der Waals surface area (Å²) in [5, 5.41) is 0. The first-order valence-electron chi connectivity index (χ1n) is 7.56. The number of fused-ring (bicyclic) bond motifs is 1. The van der Waals surface area contributed by atoms with Gasteiger partial charge < -0.3 is 29.9 Å². The number of aromatic nitrogens is 4. The van der Waals surface area contributed by atoms with Gasteiger partial charge in [0.2, 0.25) is 0 Å². The van der Waals surface area contributed by atoms with Gasteiger partial charge in [0.15, 0.2) is 11.5 Å². The molecule has 156 valence electrons. The average molecular weight is 459 g/mol. The van der Waals surface area contributed by atoms with Crippen molar-refractivity contribution < 1.29 is 46.4 Å². The molecule has 1 aliphatic rings.